The Hall–Kier alpha value is -3.07. The van der Waals surface area contributed by atoms with Gasteiger partial charge in [0.15, 0.2) is 6.79 Å². The molecular formula is C18H17FN4O4. The minimum atomic E-state index is -0.451. The summed E-state index contributed by atoms with van der Waals surface area (Å²) in [6.07, 6.45) is 1.44. The Morgan fingerprint density at radius 1 is 1.37 bits per heavy atom. The van der Waals surface area contributed by atoms with E-state index in [1.165, 1.54) is 18.5 Å². The average molecular weight is 372 g/mol. The quantitative estimate of drug-likeness (QED) is 0.648. The van der Waals surface area contributed by atoms with E-state index in [-0.39, 0.29) is 26.4 Å². The van der Waals surface area contributed by atoms with Gasteiger partial charge < -0.3 is 14.2 Å². The fraction of sp³-hybridized carbons (Fsp3) is 0.333. The molecule has 0 atom stereocenters. The number of hydrogen-bond acceptors (Lipinski definition) is 7. The molecule has 1 aliphatic heterocycles. The van der Waals surface area contributed by atoms with E-state index in [0.717, 1.165) is 11.3 Å². The van der Waals surface area contributed by atoms with E-state index >= 15 is 0 Å². The molecule has 1 aliphatic rings. The normalized spacial score (nSPS) is 13.3. The standard InChI is InChI=1S/C18H17FN4O4/c1-10-15(11(2)23-18(22-10)20-8-21-23)5-16(24)26-7-13-4-14(19)3-12-6-25-9-27-17(12)13/h3-4,8H,5-7,9H2,1-2H3. The number of rotatable bonds is 4. The highest BCUT2D eigenvalue weighted by Crippen LogP contribution is 2.30. The largest absolute Gasteiger partial charge is 0.467 e. The molecule has 0 saturated carbocycles. The Morgan fingerprint density at radius 2 is 2.22 bits per heavy atom. The van der Waals surface area contributed by atoms with Gasteiger partial charge in [-0.1, -0.05) is 0 Å². The zero-order chi connectivity index (χ0) is 19.0. The minimum absolute atomic E-state index is 0.0297. The second-order valence-electron chi connectivity index (χ2n) is 6.23. The van der Waals surface area contributed by atoms with E-state index in [1.807, 2.05) is 6.92 Å². The van der Waals surface area contributed by atoms with Crippen LogP contribution < -0.4 is 4.74 Å². The number of aryl methyl sites for hydroxylation is 2. The van der Waals surface area contributed by atoms with E-state index in [4.69, 9.17) is 14.2 Å². The molecule has 0 bridgehead atoms. The highest BCUT2D eigenvalue weighted by atomic mass is 19.1. The summed E-state index contributed by atoms with van der Waals surface area (Å²) in [7, 11) is 0. The van der Waals surface area contributed by atoms with E-state index in [1.54, 1.807) is 11.4 Å². The van der Waals surface area contributed by atoms with Gasteiger partial charge in [-0.15, -0.1) is 0 Å². The topological polar surface area (TPSA) is 87.8 Å². The lowest BCUT2D eigenvalue weighted by Crippen LogP contribution is -2.16. The number of carbonyl (C=O) groups excluding carboxylic acids is 1. The van der Waals surface area contributed by atoms with Crippen LogP contribution in [0, 0.1) is 19.7 Å². The summed E-state index contributed by atoms with van der Waals surface area (Å²) >= 11 is 0. The number of nitrogens with zero attached hydrogens (tertiary/aromatic N) is 4. The SMILES string of the molecule is Cc1nc2ncnn2c(C)c1CC(=O)OCc1cc(F)cc2c1OCOC2. The predicted octanol–water partition coefficient (Wildman–Crippen LogP) is 2.03. The van der Waals surface area contributed by atoms with Gasteiger partial charge in [0.2, 0.25) is 0 Å². The van der Waals surface area contributed by atoms with Gasteiger partial charge in [-0.3, -0.25) is 4.79 Å². The Balaban J connectivity index is 1.51. The maximum Gasteiger partial charge on any atom is 0.310 e. The third-order valence-corrected chi connectivity index (χ3v) is 4.45. The molecule has 4 rings (SSSR count). The Kier molecular flexibility index (Phi) is 4.44. The van der Waals surface area contributed by atoms with Crippen LogP contribution in [0.1, 0.15) is 28.1 Å². The zero-order valence-corrected chi connectivity index (χ0v) is 14.9. The zero-order valence-electron chi connectivity index (χ0n) is 14.9. The monoisotopic (exact) mass is 372 g/mol. The first-order chi connectivity index (χ1) is 13.0. The van der Waals surface area contributed by atoms with Crippen molar-refractivity contribution in [3.05, 3.63) is 52.4 Å². The van der Waals surface area contributed by atoms with Crippen molar-refractivity contribution in [2.24, 2.45) is 0 Å². The predicted molar refractivity (Wildman–Crippen MR) is 90.4 cm³/mol. The van der Waals surface area contributed by atoms with E-state index in [9.17, 15) is 9.18 Å². The number of hydrogen-bond donors (Lipinski definition) is 0. The Morgan fingerprint density at radius 3 is 3.07 bits per heavy atom. The van der Waals surface area contributed by atoms with Gasteiger partial charge in [0.25, 0.3) is 5.78 Å². The number of fused-ring (bicyclic) bond motifs is 2. The smallest absolute Gasteiger partial charge is 0.310 e. The lowest BCUT2D eigenvalue weighted by Gasteiger charge is -2.20. The van der Waals surface area contributed by atoms with Crippen molar-refractivity contribution in [2.75, 3.05) is 6.79 Å². The van der Waals surface area contributed by atoms with Gasteiger partial charge in [-0.2, -0.15) is 10.1 Å². The molecule has 2 aromatic heterocycles. The van der Waals surface area contributed by atoms with Crippen LogP contribution in [-0.4, -0.2) is 32.3 Å². The maximum atomic E-state index is 13.8. The molecule has 27 heavy (non-hydrogen) atoms. The molecule has 9 heteroatoms. The van der Waals surface area contributed by atoms with Crippen molar-refractivity contribution < 1.29 is 23.4 Å². The van der Waals surface area contributed by atoms with E-state index < -0.39 is 11.8 Å². The molecule has 0 saturated heterocycles. The third-order valence-electron chi connectivity index (χ3n) is 4.45. The first-order valence-electron chi connectivity index (χ1n) is 8.36. The summed E-state index contributed by atoms with van der Waals surface area (Å²) in [5.74, 6) is 0.107. The molecule has 3 aromatic rings. The molecular weight excluding hydrogens is 355 g/mol. The van der Waals surface area contributed by atoms with E-state index in [0.29, 0.717) is 28.3 Å². The van der Waals surface area contributed by atoms with E-state index in [2.05, 4.69) is 15.1 Å². The van der Waals surface area contributed by atoms with Gasteiger partial charge in [-0.25, -0.2) is 13.9 Å². The molecule has 0 N–H and O–H groups in total. The van der Waals surface area contributed by atoms with Crippen molar-refractivity contribution in [3.8, 4) is 5.75 Å². The molecule has 1 aromatic carbocycles. The summed E-state index contributed by atoms with van der Waals surface area (Å²) in [6, 6.07) is 2.66. The Bertz CT molecular complexity index is 1030. The first-order valence-corrected chi connectivity index (χ1v) is 8.36. The molecule has 0 unspecified atom stereocenters. The highest BCUT2D eigenvalue weighted by molar-refractivity contribution is 5.73. The number of halogens is 1. The lowest BCUT2D eigenvalue weighted by molar-refractivity contribution is -0.144. The summed E-state index contributed by atoms with van der Waals surface area (Å²) in [5, 5.41) is 4.10. The van der Waals surface area contributed by atoms with Crippen molar-refractivity contribution in [2.45, 2.75) is 33.5 Å². The third kappa shape index (κ3) is 3.33. The summed E-state index contributed by atoms with van der Waals surface area (Å²) in [6.45, 7) is 3.91. The minimum Gasteiger partial charge on any atom is -0.467 e. The molecule has 0 radical (unpaired) electrons. The molecule has 0 aliphatic carbocycles. The molecule has 140 valence electrons. The first kappa shape index (κ1) is 17.3. The Labute approximate surface area is 153 Å². The number of benzene rings is 1. The van der Waals surface area contributed by atoms with Gasteiger partial charge in [0.05, 0.1) is 13.0 Å². The van der Waals surface area contributed by atoms with Crippen LogP contribution in [0.2, 0.25) is 0 Å². The summed E-state index contributed by atoms with van der Waals surface area (Å²) in [5.41, 5.74) is 3.26. The summed E-state index contributed by atoms with van der Waals surface area (Å²) in [4.78, 5) is 20.7. The maximum absolute atomic E-state index is 13.8. The second-order valence-corrected chi connectivity index (χ2v) is 6.23. The van der Waals surface area contributed by atoms with Crippen molar-refractivity contribution in [3.63, 3.8) is 0 Å². The highest BCUT2D eigenvalue weighted by Gasteiger charge is 2.19. The van der Waals surface area contributed by atoms with Gasteiger partial charge in [0.1, 0.15) is 24.5 Å². The van der Waals surface area contributed by atoms with Gasteiger partial charge >= 0.3 is 5.97 Å². The van der Waals surface area contributed by atoms with Crippen LogP contribution in [0.3, 0.4) is 0 Å². The number of carbonyl (C=O) groups is 1. The number of esters is 1. The second kappa shape index (κ2) is 6.92. The van der Waals surface area contributed by atoms with Gasteiger partial charge in [-0.05, 0) is 26.0 Å². The van der Waals surface area contributed by atoms with Crippen LogP contribution in [0.5, 0.6) is 5.75 Å². The van der Waals surface area contributed by atoms with Crippen LogP contribution in [-0.2, 0) is 33.9 Å². The average Bonchev–Trinajstić information content (AvgIpc) is 3.11. The van der Waals surface area contributed by atoms with Crippen LogP contribution in [0.15, 0.2) is 18.5 Å². The fourth-order valence-electron chi connectivity index (χ4n) is 3.13. The van der Waals surface area contributed by atoms with Crippen molar-refractivity contribution in [1.82, 2.24) is 19.6 Å². The van der Waals surface area contributed by atoms with Crippen molar-refractivity contribution in [1.29, 1.82) is 0 Å². The molecule has 8 nitrogen and oxygen atoms in total. The molecule has 0 fully saturated rings. The fourth-order valence-corrected chi connectivity index (χ4v) is 3.13. The van der Waals surface area contributed by atoms with Gasteiger partial charge in [0, 0.05) is 28.1 Å². The van der Waals surface area contributed by atoms with Crippen LogP contribution >= 0.6 is 0 Å². The lowest BCUT2D eigenvalue weighted by atomic mass is 10.1. The molecule has 3 heterocycles. The van der Waals surface area contributed by atoms with Crippen LogP contribution in [0.4, 0.5) is 4.39 Å². The number of aromatic nitrogens is 4. The molecule has 0 amide bonds. The van der Waals surface area contributed by atoms with Crippen molar-refractivity contribution >= 4 is 11.7 Å². The van der Waals surface area contributed by atoms with Crippen LogP contribution in [0.25, 0.3) is 5.78 Å². The number of ether oxygens (including phenoxy) is 3. The summed E-state index contributed by atoms with van der Waals surface area (Å²) < 4.78 is 31.3. The molecule has 0 spiro atoms.